The third-order valence-electron chi connectivity index (χ3n) is 3.17. The molecule has 1 aliphatic heterocycles. The van der Waals surface area contributed by atoms with Gasteiger partial charge in [0.2, 0.25) is 11.8 Å². The largest absolute Gasteiger partial charge is 0.389 e. The predicted molar refractivity (Wildman–Crippen MR) is 85.0 cm³/mol. The van der Waals surface area contributed by atoms with E-state index in [9.17, 15) is 9.59 Å². The molecule has 2 rings (SSSR count). The van der Waals surface area contributed by atoms with Crippen molar-refractivity contribution in [3.8, 4) is 0 Å². The minimum absolute atomic E-state index is 0.0520. The summed E-state index contributed by atoms with van der Waals surface area (Å²) in [5.74, 6) is -0.239. The Bertz CT molecular complexity index is 562. The van der Waals surface area contributed by atoms with Crippen molar-refractivity contribution in [2.45, 2.75) is 6.42 Å². The Morgan fingerprint density at radius 3 is 2.95 bits per heavy atom. The van der Waals surface area contributed by atoms with Crippen molar-refractivity contribution in [2.75, 3.05) is 31.5 Å². The van der Waals surface area contributed by atoms with Crippen LogP contribution in [0, 0.1) is 0 Å². The van der Waals surface area contributed by atoms with Crippen LogP contribution in [-0.4, -0.2) is 47.9 Å². The number of benzene rings is 1. The van der Waals surface area contributed by atoms with E-state index in [2.05, 4.69) is 10.6 Å². The minimum Gasteiger partial charge on any atom is -0.389 e. The molecule has 21 heavy (non-hydrogen) atoms. The third kappa shape index (κ3) is 4.51. The second kappa shape index (κ2) is 7.14. The fourth-order valence-electron chi connectivity index (χ4n) is 2.20. The molecule has 1 aromatic rings. The number of hydrogen-bond acceptors (Lipinski definition) is 4. The first kappa shape index (κ1) is 15.4. The number of amides is 2. The molecule has 7 heteroatoms. The number of nitrogens with zero attached hydrogens (tertiary/aromatic N) is 1. The number of carbonyl (C=O) groups is 2. The first-order chi connectivity index (χ1) is 10.1. The summed E-state index contributed by atoms with van der Waals surface area (Å²) in [6.45, 7) is 1.77. The van der Waals surface area contributed by atoms with Gasteiger partial charge in [0.15, 0.2) is 0 Å². The molecule has 0 unspecified atom stereocenters. The molecule has 1 aliphatic rings. The lowest BCUT2D eigenvalue weighted by Crippen LogP contribution is -2.38. The number of anilines is 1. The van der Waals surface area contributed by atoms with Crippen LogP contribution in [0.1, 0.15) is 12.0 Å². The van der Waals surface area contributed by atoms with Crippen molar-refractivity contribution in [3.05, 3.63) is 29.8 Å². The fourth-order valence-corrected chi connectivity index (χ4v) is 2.38. The average Bonchev–Trinajstić information content (AvgIpc) is 2.63. The Kier molecular flexibility index (Phi) is 5.24. The summed E-state index contributed by atoms with van der Waals surface area (Å²) < 4.78 is 0. The van der Waals surface area contributed by atoms with Crippen LogP contribution < -0.4 is 16.4 Å². The summed E-state index contributed by atoms with van der Waals surface area (Å²) >= 11 is 4.96. The topological polar surface area (TPSA) is 87.5 Å². The van der Waals surface area contributed by atoms with Crippen LogP contribution in [-0.2, 0) is 9.59 Å². The third-order valence-corrected chi connectivity index (χ3v) is 3.39. The Balaban J connectivity index is 1.98. The van der Waals surface area contributed by atoms with E-state index in [1.807, 2.05) is 11.0 Å². The lowest BCUT2D eigenvalue weighted by atomic mass is 10.2. The summed E-state index contributed by atoms with van der Waals surface area (Å²) in [7, 11) is 0. The molecule has 1 saturated heterocycles. The summed E-state index contributed by atoms with van der Waals surface area (Å²) in [5.41, 5.74) is 6.86. The van der Waals surface area contributed by atoms with Crippen LogP contribution in [0.2, 0.25) is 0 Å². The summed E-state index contributed by atoms with van der Waals surface area (Å²) in [4.78, 5) is 25.6. The zero-order valence-electron chi connectivity index (χ0n) is 11.6. The van der Waals surface area contributed by atoms with Gasteiger partial charge in [-0.1, -0.05) is 24.4 Å². The van der Waals surface area contributed by atoms with E-state index in [-0.39, 0.29) is 29.9 Å². The first-order valence-electron chi connectivity index (χ1n) is 6.74. The van der Waals surface area contributed by atoms with Gasteiger partial charge in [0.25, 0.3) is 0 Å². The Morgan fingerprint density at radius 1 is 1.43 bits per heavy atom. The zero-order chi connectivity index (χ0) is 15.2. The molecular weight excluding hydrogens is 288 g/mol. The molecule has 0 aromatic heterocycles. The first-order valence-corrected chi connectivity index (χ1v) is 7.15. The molecular formula is C14H18N4O2S. The molecule has 6 nitrogen and oxygen atoms in total. The molecule has 2 amide bonds. The van der Waals surface area contributed by atoms with Crippen molar-refractivity contribution < 1.29 is 9.59 Å². The van der Waals surface area contributed by atoms with Gasteiger partial charge in [-0.2, -0.15) is 0 Å². The van der Waals surface area contributed by atoms with Gasteiger partial charge >= 0.3 is 0 Å². The van der Waals surface area contributed by atoms with Crippen molar-refractivity contribution in [1.29, 1.82) is 0 Å². The van der Waals surface area contributed by atoms with Crippen LogP contribution >= 0.6 is 12.2 Å². The van der Waals surface area contributed by atoms with E-state index in [1.54, 1.807) is 18.2 Å². The number of thiocarbonyl (C=S) groups is 1. The van der Waals surface area contributed by atoms with E-state index < -0.39 is 0 Å². The highest BCUT2D eigenvalue weighted by atomic mass is 32.1. The maximum Gasteiger partial charge on any atom is 0.238 e. The lowest BCUT2D eigenvalue weighted by molar-refractivity contribution is -0.122. The number of hydrogen-bond donors (Lipinski definition) is 3. The summed E-state index contributed by atoms with van der Waals surface area (Å²) in [6.07, 6.45) is 0.836. The van der Waals surface area contributed by atoms with Gasteiger partial charge in [-0.05, 0) is 18.6 Å². The van der Waals surface area contributed by atoms with E-state index in [0.29, 0.717) is 24.3 Å². The molecule has 0 aliphatic carbocycles. The second-order valence-corrected chi connectivity index (χ2v) is 5.31. The molecule has 1 heterocycles. The van der Waals surface area contributed by atoms with Gasteiger partial charge in [0.05, 0.1) is 18.8 Å². The monoisotopic (exact) mass is 306 g/mol. The molecule has 0 saturated carbocycles. The zero-order valence-corrected chi connectivity index (χ0v) is 12.4. The smallest absolute Gasteiger partial charge is 0.238 e. The van der Waals surface area contributed by atoms with Crippen molar-refractivity contribution >= 4 is 34.7 Å². The minimum atomic E-state index is -0.187. The van der Waals surface area contributed by atoms with Crippen molar-refractivity contribution in [3.63, 3.8) is 0 Å². The highest BCUT2D eigenvalue weighted by Gasteiger charge is 2.17. The second-order valence-electron chi connectivity index (χ2n) is 4.87. The number of para-hydroxylation sites is 1. The molecule has 4 N–H and O–H groups in total. The average molecular weight is 306 g/mol. The van der Waals surface area contributed by atoms with E-state index in [1.165, 1.54) is 0 Å². The quantitative estimate of drug-likeness (QED) is 0.686. The predicted octanol–water partition coefficient (Wildman–Crippen LogP) is 0.0812. The van der Waals surface area contributed by atoms with Crippen LogP contribution in [0.25, 0.3) is 0 Å². The van der Waals surface area contributed by atoms with Crippen molar-refractivity contribution in [2.24, 2.45) is 5.73 Å². The highest BCUT2D eigenvalue weighted by molar-refractivity contribution is 7.80. The Morgan fingerprint density at radius 2 is 2.19 bits per heavy atom. The van der Waals surface area contributed by atoms with Gasteiger partial charge in [-0.25, -0.2) is 0 Å². The number of nitrogens with two attached hydrogens (primary N) is 1. The van der Waals surface area contributed by atoms with Crippen LogP contribution in [0.5, 0.6) is 0 Å². The normalized spacial score (nSPS) is 15.9. The van der Waals surface area contributed by atoms with Gasteiger partial charge in [0, 0.05) is 18.7 Å². The molecule has 0 spiro atoms. The van der Waals surface area contributed by atoms with E-state index >= 15 is 0 Å². The van der Waals surface area contributed by atoms with E-state index in [0.717, 1.165) is 6.42 Å². The van der Waals surface area contributed by atoms with E-state index in [4.69, 9.17) is 18.0 Å². The molecule has 0 bridgehead atoms. The molecule has 0 atom stereocenters. The van der Waals surface area contributed by atoms with Gasteiger partial charge < -0.3 is 16.4 Å². The maximum atomic E-state index is 12.1. The van der Waals surface area contributed by atoms with Crippen LogP contribution in [0.4, 0.5) is 5.69 Å². The number of carbonyl (C=O) groups excluding carboxylic acids is 2. The van der Waals surface area contributed by atoms with Gasteiger partial charge in [0.1, 0.15) is 4.99 Å². The SMILES string of the molecule is NC(=S)c1ccccc1NC(=O)CN1CCCNC(=O)C1. The standard InChI is InChI=1S/C14H18N4O2S/c15-14(21)10-4-1-2-5-11(10)17-13(20)9-18-7-3-6-16-12(19)8-18/h1-2,4-5H,3,6-9H2,(H2,15,21)(H,16,19)(H,17,20). The molecule has 1 fully saturated rings. The van der Waals surface area contributed by atoms with Crippen LogP contribution in [0.15, 0.2) is 24.3 Å². The molecule has 112 valence electrons. The highest BCUT2D eigenvalue weighted by Crippen LogP contribution is 2.14. The molecule has 1 aromatic carbocycles. The number of rotatable bonds is 4. The number of nitrogens with one attached hydrogen (secondary N) is 2. The summed E-state index contributed by atoms with van der Waals surface area (Å²) in [6, 6.07) is 7.12. The maximum absolute atomic E-state index is 12.1. The van der Waals surface area contributed by atoms with Crippen LogP contribution in [0.3, 0.4) is 0 Å². The van der Waals surface area contributed by atoms with Crippen molar-refractivity contribution in [1.82, 2.24) is 10.2 Å². The van der Waals surface area contributed by atoms with Gasteiger partial charge in [-0.15, -0.1) is 0 Å². The van der Waals surface area contributed by atoms with Gasteiger partial charge in [-0.3, -0.25) is 14.5 Å². The lowest BCUT2D eigenvalue weighted by Gasteiger charge is -2.18. The molecule has 0 radical (unpaired) electrons. The fraction of sp³-hybridized carbons (Fsp3) is 0.357. The summed E-state index contributed by atoms with van der Waals surface area (Å²) in [5, 5.41) is 5.57. The Labute approximate surface area is 128 Å². The Hall–Kier alpha value is -1.99.